The molecule has 0 amide bonds. The number of para-hydroxylation sites is 1. The Morgan fingerprint density at radius 2 is 2.07 bits per heavy atom. The normalized spacial score (nSPS) is 10.6. The molecule has 0 saturated heterocycles. The van der Waals surface area contributed by atoms with Crippen molar-refractivity contribution in [2.75, 3.05) is 12.0 Å². The third-order valence-electron chi connectivity index (χ3n) is 2.29. The van der Waals surface area contributed by atoms with Gasteiger partial charge < -0.3 is 5.32 Å². The minimum absolute atomic E-state index is 0.523. The topological polar surface area (TPSA) is 50.1 Å². The SMILES string of the molecule is Cc1cccc(C(C)C)c1NCNN. The van der Waals surface area contributed by atoms with Gasteiger partial charge in [-0.3, -0.25) is 5.84 Å². The van der Waals surface area contributed by atoms with Gasteiger partial charge in [-0.05, 0) is 24.0 Å². The lowest BCUT2D eigenvalue weighted by molar-refractivity contribution is 0.783. The largest absolute Gasteiger partial charge is 0.371 e. The van der Waals surface area contributed by atoms with Crippen LogP contribution in [0, 0.1) is 6.92 Å². The molecule has 0 heterocycles. The molecule has 4 N–H and O–H groups in total. The first-order valence-electron chi connectivity index (χ1n) is 4.93. The predicted octanol–water partition coefficient (Wildman–Crippen LogP) is 1.95. The zero-order chi connectivity index (χ0) is 10.6. The Morgan fingerprint density at radius 3 is 2.64 bits per heavy atom. The van der Waals surface area contributed by atoms with Crippen molar-refractivity contribution in [1.29, 1.82) is 0 Å². The summed E-state index contributed by atoms with van der Waals surface area (Å²) in [5.74, 6) is 5.76. The summed E-state index contributed by atoms with van der Waals surface area (Å²) >= 11 is 0. The minimum atomic E-state index is 0.523. The van der Waals surface area contributed by atoms with Crippen LogP contribution in [-0.4, -0.2) is 6.67 Å². The maximum Gasteiger partial charge on any atom is 0.0781 e. The highest BCUT2D eigenvalue weighted by Crippen LogP contribution is 2.26. The molecule has 0 spiro atoms. The van der Waals surface area contributed by atoms with E-state index < -0.39 is 0 Å². The fourth-order valence-corrected chi connectivity index (χ4v) is 1.55. The van der Waals surface area contributed by atoms with Crippen molar-refractivity contribution in [2.24, 2.45) is 5.84 Å². The van der Waals surface area contributed by atoms with Crippen molar-refractivity contribution in [3.63, 3.8) is 0 Å². The van der Waals surface area contributed by atoms with Gasteiger partial charge in [-0.15, -0.1) is 0 Å². The van der Waals surface area contributed by atoms with E-state index in [9.17, 15) is 0 Å². The Kier molecular flexibility index (Phi) is 3.92. The molecule has 1 rings (SSSR count). The van der Waals surface area contributed by atoms with Gasteiger partial charge in [-0.25, -0.2) is 5.43 Å². The summed E-state index contributed by atoms with van der Waals surface area (Å²) in [5, 5.41) is 3.28. The second-order valence-corrected chi connectivity index (χ2v) is 3.75. The molecule has 0 saturated carbocycles. The van der Waals surface area contributed by atoms with Crippen LogP contribution >= 0.6 is 0 Å². The molecule has 14 heavy (non-hydrogen) atoms. The first-order chi connectivity index (χ1) is 6.66. The number of rotatable bonds is 4. The highest BCUT2D eigenvalue weighted by atomic mass is 15.3. The molecule has 0 aliphatic carbocycles. The molecule has 78 valence electrons. The van der Waals surface area contributed by atoms with E-state index in [-0.39, 0.29) is 0 Å². The van der Waals surface area contributed by atoms with Crippen molar-refractivity contribution in [2.45, 2.75) is 26.7 Å². The highest BCUT2D eigenvalue weighted by molar-refractivity contribution is 5.58. The fourth-order valence-electron chi connectivity index (χ4n) is 1.55. The Labute approximate surface area is 85.7 Å². The molecule has 1 aromatic carbocycles. The van der Waals surface area contributed by atoms with Gasteiger partial charge in [-0.1, -0.05) is 32.0 Å². The van der Waals surface area contributed by atoms with E-state index in [2.05, 4.69) is 49.7 Å². The maximum absolute atomic E-state index is 5.24. The van der Waals surface area contributed by atoms with E-state index in [1.165, 1.54) is 16.8 Å². The fraction of sp³-hybridized carbons (Fsp3) is 0.455. The number of aryl methyl sites for hydroxylation is 1. The summed E-state index contributed by atoms with van der Waals surface area (Å²) in [7, 11) is 0. The molecule has 0 aliphatic rings. The van der Waals surface area contributed by atoms with Crippen LogP contribution in [0.3, 0.4) is 0 Å². The molecule has 3 heteroatoms. The summed E-state index contributed by atoms with van der Waals surface area (Å²) < 4.78 is 0. The summed E-state index contributed by atoms with van der Waals surface area (Å²) in [6.07, 6.45) is 0. The van der Waals surface area contributed by atoms with Crippen LogP contribution in [0.4, 0.5) is 5.69 Å². The molecule has 0 aromatic heterocycles. The number of nitrogens with one attached hydrogen (secondary N) is 2. The summed E-state index contributed by atoms with van der Waals surface area (Å²) in [6.45, 7) is 7.07. The highest BCUT2D eigenvalue weighted by Gasteiger charge is 2.07. The van der Waals surface area contributed by atoms with Gasteiger partial charge in [0.1, 0.15) is 0 Å². The first kappa shape index (κ1) is 11.0. The number of nitrogens with two attached hydrogens (primary N) is 1. The van der Waals surface area contributed by atoms with Gasteiger partial charge in [0, 0.05) is 5.69 Å². The summed E-state index contributed by atoms with van der Waals surface area (Å²) in [4.78, 5) is 0. The lowest BCUT2D eigenvalue weighted by Crippen LogP contribution is -2.28. The number of hydrogen-bond donors (Lipinski definition) is 3. The van der Waals surface area contributed by atoms with Crippen LogP contribution in [-0.2, 0) is 0 Å². The van der Waals surface area contributed by atoms with E-state index in [0.29, 0.717) is 12.6 Å². The molecule has 0 aliphatic heterocycles. The van der Waals surface area contributed by atoms with E-state index in [0.717, 1.165) is 0 Å². The zero-order valence-electron chi connectivity index (χ0n) is 9.09. The smallest absolute Gasteiger partial charge is 0.0781 e. The molecular formula is C11H19N3. The zero-order valence-corrected chi connectivity index (χ0v) is 9.09. The van der Waals surface area contributed by atoms with Gasteiger partial charge in [0.05, 0.1) is 6.67 Å². The van der Waals surface area contributed by atoms with Crippen molar-refractivity contribution in [3.05, 3.63) is 29.3 Å². The number of anilines is 1. The van der Waals surface area contributed by atoms with E-state index in [1.807, 2.05) is 0 Å². The molecule has 0 radical (unpaired) electrons. The standard InChI is InChI=1S/C11H19N3/c1-8(2)10-6-4-5-9(3)11(10)13-7-14-12/h4-6,8,13-14H,7,12H2,1-3H3. The second kappa shape index (κ2) is 4.98. The summed E-state index contributed by atoms with van der Waals surface area (Å²) in [5.41, 5.74) is 6.38. The quantitative estimate of drug-likeness (QED) is 0.389. The number of hydrazine groups is 1. The van der Waals surface area contributed by atoms with Crippen LogP contribution in [0.2, 0.25) is 0 Å². The van der Waals surface area contributed by atoms with Crippen LogP contribution in [0.15, 0.2) is 18.2 Å². The molecule has 0 bridgehead atoms. The molecule has 0 unspecified atom stereocenters. The molecule has 0 atom stereocenters. The van der Waals surface area contributed by atoms with Crippen molar-refractivity contribution >= 4 is 5.69 Å². The van der Waals surface area contributed by atoms with E-state index >= 15 is 0 Å². The average molecular weight is 193 g/mol. The Morgan fingerprint density at radius 1 is 1.36 bits per heavy atom. The Balaban J connectivity index is 2.96. The van der Waals surface area contributed by atoms with Crippen LogP contribution in [0.25, 0.3) is 0 Å². The lowest BCUT2D eigenvalue weighted by Gasteiger charge is -2.16. The molecule has 1 aromatic rings. The molecule has 0 fully saturated rings. The second-order valence-electron chi connectivity index (χ2n) is 3.75. The Bertz CT molecular complexity index is 295. The van der Waals surface area contributed by atoms with Crippen molar-refractivity contribution in [3.8, 4) is 0 Å². The lowest BCUT2D eigenvalue weighted by atomic mass is 9.98. The molecule has 3 nitrogen and oxygen atoms in total. The maximum atomic E-state index is 5.24. The van der Waals surface area contributed by atoms with Gasteiger partial charge in [0.15, 0.2) is 0 Å². The Hall–Kier alpha value is -1.06. The van der Waals surface area contributed by atoms with E-state index in [1.54, 1.807) is 0 Å². The van der Waals surface area contributed by atoms with Gasteiger partial charge in [0.25, 0.3) is 0 Å². The third kappa shape index (κ3) is 2.47. The third-order valence-corrected chi connectivity index (χ3v) is 2.29. The van der Waals surface area contributed by atoms with Crippen molar-refractivity contribution in [1.82, 2.24) is 5.43 Å². The van der Waals surface area contributed by atoms with Crippen LogP contribution < -0.4 is 16.6 Å². The summed E-state index contributed by atoms with van der Waals surface area (Å²) in [6, 6.07) is 6.34. The average Bonchev–Trinajstić information content (AvgIpc) is 2.15. The van der Waals surface area contributed by atoms with Gasteiger partial charge in [0.2, 0.25) is 0 Å². The number of hydrogen-bond acceptors (Lipinski definition) is 3. The van der Waals surface area contributed by atoms with Gasteiger partial charge >= 0.3 is 0 Å². The monoisotopic (exact) mass is 193 g/mol. The predicted molar refractivity (Wildman–Crippen MR) is 61.1 cm³/mol. The number of benzene rings is 1. The van der Waals surface area contributed by atoms with Gasteiger partial charge in [-0.2, -0.15) is 0 Å². The van der Waals surface area contributed by atoms with Crippen LogP contribution in [0.1, 0.15) is 30.9 Å². The first-order valence-corrected chi connectivity index (χ1v) is 4.93. The van der Waals surface area contributed by atoms with Crippen molar-refractivity contribution < 1.29 is 0 Å². The minimum Gasteiger partial charge on any atom is -0.371 e. The van der Waals surface area contributed by atoms with Crippen LogP contribution in [0.5, 0.6) is 0 Å². The molecular weight excluding hydrogens is 174 g/mol. The van der Waals surface area contributed by atoms with E-state index in [4.69, 9.17) is 5.84 Å².